The molecular formula is C14H17IN4O3. The van der Waals surface area contributed by atoms with Gasteiger partial charge in [0.25, 0.3) is 0 Å². The highest BCUT2D eigenvalue weighted by Gasteiger charge is 2.16. The van der Waals surface area contributed by atoms with Gasteiger partial charge in [-0.2, -0.15) is 0 Å². The molecule has 3 rings (SSSR count). The monoisotopic (exact) mass is 416 g/mol. The van der Waals surface area contributed by atoms with Crippen LogP contribution < -0.4 is 4.90 Å². The first-order valence-electron chi connectivity index (χ1n) is 7.20. The van der Waals surface area contributed by atoms with Crippen molar-refractivity contribution in [3.8, 4) is 0 Å². The molecule has 1 saturated heterocycles. The number of carbonyl (C=O) groups is 1. The quantitative estimate of drug-likeness (QED) is 0.553. The lowest BCUT2D eigenvalue weighted by Crippen LogP contribution is -2.37. The van der Waals surface area contributed by atoms with Crippen LogP contribution in [0, 0.1) is 3.57 Å². The fourth-order valence-electron chi connectivity index (χ4n) is 2.37. The van der Waals surface area contributed by atoms with Gasteiger partial charge >= 0.3 is 5.97 Å². The summed E-state index contributed by atoms with van der Waals surface area (Å²) in [5.41, 5.74) is 1.43. The molecule has 0 aromatic carbocycles. The molecule has 3 heterocycles. The first-order valence-corrected chi connectivity index (χ1v) is 8.28. The Bertz CT molecular complexity index is 682. The number of carbonyl (C=O) groups excluding carboxylic acids is 1. The summed E-state index contributed by atoms with van der Waals surface area (Å²) in [5.74, 6) is 0.634. The summed E-state index contributed by atoms with van der Waals surface area (Å²) < 4.78 is 13.1. The van der Waals surface area contributed by atoms with Crippen LogP contribution >= 0.6 is 22.6 Å². The van der Waals surface area contributed by atoms with E-state index in [1.807, 2.05) is 6.07 Å². The minimum Gasteiger partial charge on any atom is -0.466 e. The number of halogens is 1. The van der Waals surface area contributed by atoms with Crippen LogP contribution in [0.25, 0.3) is 5.65 Å². The van der Waals surface area contributed by atoms with Crippen molar-refractivity contribution in [2.24, 2.45) is 0 Å². The van der Waals surface area contributed by atoms with Gasteiger partial charge in [-0.25, -0.2) is 9.50 Å². The van der Waals surface area contributed by atoms with Crippen molar-refractivity contribution in [1.29, 1.82) is 0 Å². The molecule has 0 spiro atoms. The third-order valence-electron chi connectivity index (χ3n) is 3.38. The standard InChI is InChI=1S/C14H17IN4O3/c1-2-22-13(20)7-10-9-19-14(16-10)11(15)8-12(17-19)18-3-5-21-6-4-18/h8-9H,2-7H2,1H3. The van der Waals surface area contributed by atoms with E-state index in [0.717, 1.165) is 28.1 Å². The lowest BCUT2D eigenvalue weighted by molar-refractivity contribution is -0.142. The van der Waals surface area contributed by atoms with Gasteiger partial charge in [0.2, 0.25) is 0 Å². The van der Waals surface area contributed by atoms with Crippen LogP contribution in [-0.2, 0) is 20.7 Å². The molecule has 1 fully saturated rings. The molecule has 0 bridgehead atoms. The maximum absolute atomic E-state index is 11.6. The van der Waals surface area contributed by atoms with Crippen LogP contribution in [0.3, 0.4) is 0 Å². The number of hydrogen-bond donors (Lipinski definition) is 0. The van der Waals surface area contributed by atoms with Crippen molar-refractivity contribution >= 4 is 40.0 Å². The number of morpholine rings is 1. The summed E-state index contributed by atoms with van der Waals surface area (Å²) in [6, 6.07) is 2.02. The first kappa shape index (κ1) is 15.5. The molecule has 1 aliphatic heterocycles. The van der Waals surface area contributed by atoms with Gasteiger partial charge < -0.3 is 14.4 Å². The number of anilines is 1. The molecule has 22 heavy (non-hydrogen) atoms. The fraction of sp³-hybridized carbons (Fsp3) is 0.500. The van der Waals surface area contributed by atoms with Gasteiger partial charge in [0.15, 0.2) is 11.5 Å². The molecule has 0 N–H and O–H groups in total. The number of fused-ring (bicyclic) bond motifs is 1. The Hall–Kier alpha value is -1.42. The summed E-state index contributed by atoms with van der Waals surface area (Å²) in [6.07, 6.45) is 1.96. The molecule has 0 radical (unpaired) electrons. The first-order chi connectivity index (χ1) is 10.7. The Morgan fingerprint density at radius 3 is 2.95 bits per heavy atom. The predicted octanol–water partition coefficient (Wildman–Crippen LogP) is 1.28. The number of aromatic nitrogens is 3. The Balaban J connectivity index is 1.87. The van der Waals surface area contributed by atoms with E-state index < -0.39 is 0 Å². The van der Waals surface area contributed by atoms with E-state index in [-0.39, 0.29) is 12.4 Å². The van der Waals surface area contributed by atoms with Crippen molar-refractivity contribution in [2.45, 2.75) is 13.3 Å². The normalized spacial score (nSPS) is 15.3. The van der Waals surface area contributed by atoms with E-state index >= 15 is 0 Å². The summed E-state index contributed by atoms with van der Waals surface area (Å²) in [5, 5.41) is 4.60. The Labute approximate surface area is 141 Å². The van der Waals surface area contributed by atoms with E-state index in [0.29, 0.717) is 25.5 Å². The molecule has 0 atom stereocenters. The second kappa shape index (κ2) is 6.78. The van der Waals surface area contributed by atoms with Gasteiger partial charge in [-0.3, -0.25) is 4.79 Å². The molecule has 0 aliphatic carbocycles. The minimum absolute atomic E-state index is 0.167. The van der Waals surface area contributed by atoms with Gasteiger partial charge in [0, 0.05) is 13.1 Å². The Kier molecular flexibility index (Phi) is 4.77. The number of ether oxygens (including phenoxy) is 2. The van der Waals surface area contributed by atoms with Crippen LogP contribution in [0.4, 0.5) is 5.82 Å². The highest BCUT2D eigenvalue weighted by atomic mass is 127. The van der Waals surface area contributed by atoms with Crippen molar-refractivity contribution in [1.82, 2.24) is 14.6 Å². The second-order valence-electron chi connectivity index (χ2n) is 4.93. The van der Waals surface area contributed by atoms with Gasteiger partial charge in [0.1, 0.15) is 0 Å². The van der Waals surface area contributed by atoms with Gasteiger partial charge in [0.05, 0.1) is 41.7 Å². The highest BCUT2D eigenvalue weighted by Crippen LogP contribution is 2.20. The molecule has 7 nitrogen and oxygen atoms in total. The molecule has 1 aliphatic rings. The average Bonchev–Trinajstić information content (AvgIpc) is 2.91. The number of nitrogens with zero attached hydrogens (tertiary/aromatic N) is 4. The second-order valence-corrected chi connectivity index (χ2v) is 6.09. The van der Waals surface area contributed by atoms with Crippen molar-refractivity contribution in [3.05, 3.63) is 21.5 Å². The predicted molar refractivity (Wildman–Crippen MR) is 89.1 cm³/mol. The minimum atomic E-state index is -0.269. The topological polar surface area (TPSA) is 69.0 Å². The maximum Gasteiger partial charge on any atom is 0.311 e. The molecule has 2 aromatic heterocycles. The van der Waals surface area contributed by atoms with Gasteiger partial charge in [-0.15, -0.1) is 5.10 Å². The molecular weight excluding hydrogens is 399 g/mol. The van der Waals surface area contributed by atoms with Crippen LogP contribution in [0.15, 0.2) is 12.3 Å². The van der Waals surface area contributed by atoms with Crippen molar-refractivity contribution in [2.75, 3.05) is 37.8 Å². The number of hydrogen-bond acceptors (Lipinski definition) is 6. The third kappa shape index (κ3) is 3.32. The van der Waals surface area contributed by atoms with E-state index in [9.17, 15) is 4.79 Å². The smallest absolute Gasteiger partial charge is 0.311 e. The lowest BCUT2D eigenvalue weighted by Gasteiger charge is -2.27. The lowest BCUT2D eigenvalue weighted by atomic mass is 10.3. The summed E-state index contributed by atoms with van der Waals surface area (Å²) in [6.45, 7) is 5.27. The Morgan fingerprint density at radius 1 is 1.45 bits per heavy atom. The number of rotatable bonds is 4. The van der Waals surface area contributed by atoms with Gasteiger partial charge in [-0.1, -0.05) is 0 Å². The molecule has 118 valence electrons. The van der Waals surface area contributed by atoms with E-state index in [2.05, 4.69) is 37.6 Å². The van der Waals surface area contributed by atoms with Crippen molar-refractivity contribution < 1.29 is 14.3 Å². The van der Waals surface area contributed by atoms with Gasteiger partial charge in [-0.05, 0) is 35.6 Å². The summed E-state index contributed by atoms with van der Waals surface area (Å²) >= 11 is 2.25. The fourth-order valence-corrected chi connectivity index (χ4v) is 3.01. The number of imidazole rings is 1. The van der Waals surface area contributed by atoms with E-state index in [4.69, 9.17) is 9.47 Å². The number of esters is 1. The zero-order chi connectivity index (χ0) is 15.5. The maximum atomic E-state index is 11.6. The largest absolute Gasteiger partial charge is 0.466 e. The Morgan fingerprint density at radius 2 is 2.23 bits per heavy atom. The zero-order valence-electron chi connectivity index (χ0n) is 12.3. The highest BCUT2D eigenvalue weighted by molar-refractivity contribution is 14.1. The van der Waals surface area contributed by atoms with Crippen LogP contribution in [-0.4, -0.2) is 53.5 Å². The molecule has 0 amide bonds. The molecule has 2 aromatic rings. The molecule has 0 saturated carbocycles. The molecule has 8 heteroatoms. The summed E-state index contributed by atoms with van der Waals surface area (Å²) in [4.78, 5) is 18.2. The third-order valence-corrected chi connectivity index (χ3v) is 4.18. The summed E-state index contributed by atoms with van der Waals surface area (Å²) in [7, 11) is 0. The molecule has 0 unspecified atom stereocenters. The average molecular weight is 416 g/mol. The zero-order valence-corrected chi connectivity index (χ0v) is 14.4. The van der Waals surface area contributed by atoms with E-state index in [1.165, 1.54) is 0 Å². The van der Waals surface area contributed by atoms with E-state index in [1.54, 1.807) is 17.6 Å². The van der Waals surface area contributed by atoms with Crippen LogP contribution in [0.5, 0.6) is 0 Å². The SMILES string of the molecule is CCOC(=O)Cc1cn2nc(N3CCOCC3)cc(I)c2n1. The van der Waals surface area contributed by atoms with Crippen molar-refractivity contribution in [3.63, 3.8) is 0 Å². The van der Waals surface area contributed by atoms with Crippen LogP contribution in [0.1, 0.15) is 12.6 Å². The van der Waals surface area contributed by atoms with Crippen LogP contribution in [0.2, 0.25) is 0 Å².